The second kappa shape index (κ2) is 7.92. The summed E-state index contributed by atoms with van der Waals surface area (Å²) in [4.78, 5) is 26.1. The number of carbonyl (C=O) groups excluding carboxylic acids is 1. The summed E-state index contributed by atoms with van der Waals surface area (Å²) in [6, 6.07) is 0.00124. The van der Waals surface area contributed by atoms with Crippen molar-refractivity contribution < 1.29 is 14.7 Å². The number of carbonyl (C=O) groups is 2. The molecule has 0 aromatic heterocycles. The van der Waals surface area contributed by atoms with Gasteiger partial charge in [-0.1, -0.05) is 13.3 Å². The number of aliphatic carboxylic acids is 1. The highest BCUT2D eigenvalue weighted by atomic mass is 16.4. The third kappa shape index (κ3) is 5.35. The fourth-order valence-corrected chi connectivity index (χ4v) is 1.91. The van der Waals surface area contributed by atoms with Crippen LogP contribution in [0.3, 0.4) is 0 Å². The van der Waals surface area contributed by atoms with Crippen molar-refractivity contribution in [2.75, 3.05) is 39.3 Å². The fourth-order valence-electron chi connectivity index (χ4n) is 1.91. The van der Waals surface area contributed by atoms with Gasteiger partial charge in [0.1, 0.15) is 0 Å². The van der Waals surface area contributed by atoms with Crippen LogP contribution in [0.1, 0.15) is 26.2 Å². The van der Waals surface area contributed by atoms with Gasteiger partial charge < -0.3 is 15.3 Å². The quantitative estimate of drug-likeness (QED) is 0.683. The van der Waals surface area contributed by atoms with E-state index in [2.05, 4.69) is 17.1 Å². The predicted molar refractivity (Wildman–Crippen MR) is 68.6 cm³/mol. The second-order valence-corrected chi connectivity index (χ2v) is 4.56. The van der Waals surface area contributed by atoms with Gasteiger partial charge in [-0.3, -0.25) is 9.69 Å². The summed E-state index contributed by atoms with van der Waals surface area (Å²) >= 11 is 0. The van der Waals surface area contributed by atoms with Gasteiger partial charge in [-0.05, 0) is 6.42 Å². The zero-order valence-electron chi connectivity index (χ0n) is 11.0. The predicted octanol–water partition coefficient (Wildman–Crippen LogP) is 0.588. The van der Waals surface area contributed by atoms with Gasteiger partial charge in [-0.2, -0.15) is 0 Å². The van der Waals surface area contributed by atoms with Crippen LogP contribution in [0.5, 0.6) is 0 Å². The molecule has 1 fully saturated rings. The van der Waals surface area contributed by atoms with Crippen LogP contribution in [0, 0.1) is 0 Å². The molecule has 6 nitrogen and oxygen atoms in total. The minimum atomic E-state index is -0.769. The summed E-state index contributed by atoms with van der Waals surface area (Å²) in [5.74, 6) is -0.769. The van der Waals surface area contributed by atoms with Crippen LogP contribution in [0.4, 0.5) is 4.79 Å². The maximum absolute atomic E-state index is 11.7. The second-order valence-electron chi connectivity index (χ2n) is 4.56. The van der Waals surface area contributed by atoms with Crippen molar-refractivity contribution >= 4 is 12.0 Å². The molecule has 1 saturated heterocycles. The first kappa shape index (κ1) is 14.8. The Morgan fingerprint density at radius 1 is 1.22 bits per heavy atom. The SMILES string of the molecule is CCCCNC(=O)N1CCN(CCC(=O)O)CC1. The third-order valence-electron chi connectivity index (χ3n) is 3.11. The van der Waals surface area contributed by atoms with Crippen molar-refractivity contribution in [2.24, 2.45) is 0 Å². The molecule has 6 heteroatoms. The van der Waals surface area contributed by atoms with E-state index in [0.717, 1.165) is 32.5 Å². The van der Waals surface area contributed by atoms with Crippen LogP contribution in [0.25, 0.3) is 0 Å². The molecule has 0 radical (unpaired) electrons. The summed E-state index contributed by atoms with van der Waals surface area (Å²) in [6.07, 6.45) is 2.25. The van der Waals surface area contributed by atoms with E-state index in [1.807, 2.05) is 0 Å². The van der Waals surface area contributed by atoms with E-state index in [1.54, 1.807) is 4.90 Å². The van der Waals surface area contributed by atoms with Gasteiger partial charge in [0, 0.05) is 39.3 Å². The Bertz CT molecular complexity index is 276. The molecule has 18 heavy (non-hydrogen) atoms. The lowest BCUT2D eigenvalue weighted by Crippen LogP contribution is -2.52. The van der Waals surface area contributed by atoms with E-state index in [-0.39, 0.29) is 12.5 Å². The fraction of sp³-hybridized carbons (Fsp3) is 0.833. The molecular formula is C12H23N3O3. The lowest BCUT2D eigenvalue weighted by Gasteiger charge is -2.34. The first-order valence-electron chi connectivity index (χ1n) is 6.60. The highest BCUT2D eigenvalue weighted by molar-refractivity contribution is 5.74. The molecule has 1 aliphatic rings. The lowest BCUT2D eigenvalue weighted by molar-refractivity contribution is -0.137. The molecule has 1 aliphatic heterocycles. The molecule has 0 atom stereocenters. The smallest absolute Gasteiger partial charge is 0.317 e. The normalized spacial score (nSPS) is 16.6. The van der Waals surface area contributed by atoms with Crippen LogP contribution in [0.2, 0.25) is 0 Å². The average Bonchev–Trinajstić information content (AvgIpc) is 2.37. The molecule has 0 spiro atoms. The summed E-state index contributed by atoms with van der Waals surface area (Å²) in [5, 5.41) is 11.5. The number of carboxylic acid groups (broad SMARTS) is 1. The minimum absolute atomic E-state index is 0.00124. The number of rotatable bonds is 6. The number of piperazine rings is 1. The van der Waals surface area contributed by atoms with Crippen LogP contribution in [-0.2, 0) is 4.79 Å². The van der Waals surface area contributed by atoms with E-state index in [0.29, 0.717) is 19.6 Å². The van der Waals surface area contributed by atoms with E-state index in [9.17, 15) is 9.59 Å². The van der Waals surface area contributed by atoms with Crippen molar-refractivity contribution in [3.05, 3.63) is 0 Å². The maximum Gasteiger partial charge on any atom is 0.317 e. The summed E-state index contributed by atoms with van der Waals surface area (Å²) in [7, 11) is 0. The highest BCUT2D eigenvalue weighted by Crippen LogP contribution is 2.03. The number of unbranched alkanes of at least 4 members (excludes halogenated alkanes) is 1. The van der Waals surface area contributed by atoms with Gasteiger partial charge in [-0.25, -0.2) is 4.79 Å². The van der Waals surface area contributed by atoms with Gasteiger partial charge in [0.15, 0.2) is 0 Å². The Morgan fingerprint density at radius 2 is 1.89 bits per heavy atom. The molecule has 0 aliphatic carbocycles. The lowest BCUT2D eigenvalue weighted by atomic mass is 10.3. The summed E-state index contributed by atoms with van der Waals surface area (Å²) in [6.45, 7) is 6.26. The molecule has 0 bridgehead atoms. The van der Waals surface area contributed by atoms with E-state index < -0.39 is 5.97 Å². The topological polar surface area (TPSA) is 72.9 Å². The van der Waals surface area contributed by atoms with E-state index in [1.165, 1.54) is 0 Å². The first-order chi connectivity index (χ1) is 8.63. The van der Waals surface area contributed by atoms with Gasteiger partial charge >= 0.3 is 12.0 Å². The van der Waals surface area contributed by atoms with Gasteiger partial charge in [0.05, 0.1) is 6.42 Å². The maximum atomic E-state index is 11.7. The molecule has 104 valence electrons. The molecule has 2 N–H and O–H groups in total. The molecule has 0 aromatic carbocycles. The van der Waals surface area contributed by atoms with Gasteiger partial charge in [0.25, 0.3) is 0 Å². The van der Waals surface area contributed by atoms with Crippen molar-refractivity contribution in [2.45, 2.75) is 26.2 Å². The Balaban J connectivity index is 2.17. The number of amides is 2. The number of hydrogen-bond donors (Lipinski definition) is 2. The molecule has 1 heterocycles. The summed E-state index contributed by atoms with van der Waals surface area (Å²) in [5.41, 5.74) is 0. The van der Waals surface area contributed by atoms with Crippen molar-refractivity contribution in [3.8, 4) is 0 Å². The standard InChI is InChI=1S/C12H23N3O3/c1-2-3-5-13-12(18)15-9-7-14(8-10-15)6-4-11(16)17/h2-10H2,1H3,(H,13,18)(H,16,17). The zero-order chi connectivity index (χ0) is 13.4. The molecule has 0 saturated carbocycles. The van der Waals surface area contributed by atoms with Crippen LogP contribution < -0.4 is 5.32 Å². The number of nitrogens with one attached hydrogen (secondary N) is 1. The van der Waals surface area contributed by atoms with Crippen LogP contribution >= 0.6 is 0 Å². The Morgan fingerprint density at radius 3 is 2.44 bits per heavy atom. The average molecular weight is 257 g/mol. The molecule has 2 amide bonds. The number of hydrogen-bond acceptors (Lipinski definition) is 3. The van der Waals surface area contributed by atoms with Crippen molar-refractivity contribution in [3.63, 3.8) is 0 Å². The number of carboxylic acids is 1. The molecule has 0 aromatic rings. The molecular weight excluding hydrogens is 234 g/mol. The van der Waals surface area contributed by atoms with Gasteiger partial charge in [-0.15, -0.1) is 0 Å². The minimum Gasteiger partial charge on any atom is -0.481 e. The Labute approximate surface area is 108 Å². The van der Waals surface area contributed by atoms with Crippen LogP contribution in [0.15, 0.2) is 0 Å². The highest BCUT2D eigenvalue weighted by Gasteiger charge is 2.20. The van der Waals surface area contributed by atoms with Gasteiger partial charge in [0.2, 0.25) is 0 Å². The Hall–Kier alpha value is -1.30. The van der Waals surface area contributed by atoms with E-state index >= 15 is 0 Å². The zero-order valence-corrected chi connectivity index (χ0v) is 11.0. The van der Waals surface area contributed by atoms with Crippen LogP contribution in [-0.4, -0.2) is 66.2 Å². The molecule has 1 rings (SSSR count). The number of urea groups is 1. The molecule has 0 unspecified atom stereocenters. The number of nitrogens with zero attached hydrogens (tertiary/aromatic N) is 2. The first-order valence-corrected chi connectivity index (χ1v) is 6.60. The summed E-state index contributed by atoms with van der Waals surface area (Å²) < 4.78 is 0. The van der Waals surface area contributed by atoms with E-state index in [4.69, 9.17) is 5.11 Å². The monoisotopic (exact) mass is 257 g/mol. The Kier molecular flexibility index (Phi) is 6.49. The van der Waals surface area contributed by atoms with Crippen molar-refractivity contribution in [1.82, 2.24) is 15.1 Å². The van der Waals surface area contributed by atoms with Crippen molar-refractivity contribution in [1.29, 1.82) is 0 Å². The third-order valence-corrected chi connectivity index (χ3v) is 3.11. The largest absolute Gasteiger partial charge is 0.481 e.